The van der Waals surface area contributed by atoms with Crippen molar-refractivity contribution >= 4 is 18.2 Å². The first kappa shape index (κ1) is 18.8. The maximum atomic E-state index is 12.9. The molecule has 1 aromatic rings. The number of carbonyl (C=O) groups excluding carboxylic acids is 1. The molecule has 1 fully saturated rings. The van der Waals surface area contributed by atoms with Gasteiger partial charge in [-0.15, -0.1) is 12.4 Å². The van der Waals surface area contributed by atoms with Crippen LogP contribution in [0, 0.1) is 0 Å². The van der Waals surface area contributed by atoms with Gasteiger partial charge in [-0.05, 0) is 50.6 Å². The van der Waals surface area contributed by atoms with Crippen LogP contribution in [0.4, 0.5) is 0 Å². The molecular weight excluding hydrogens is 302 g/mol. The summed E-state index contributed by atoms with van der Waals surface area (Å²) < 4.78 is 10.5. The van der Waals surface area contributed by atoms with E-state index in [1.807, 2.05) is 6.07 Å². The summed E-state index contributed by atoms with van der Waals surface area (Å²) in [5.41, 5.74) is 0.706. The molecule has 0 amide bonds. The molecule has 0 bridgehead atoms. The van der Waals surface area contributed by atoms with Crippen molar-refractivity contribution in [3.63, 3.8) is 0 Å². The van der Waals surface area contributed by atoms with E-state index in [0.717, 1.165) is 25.9 Å². The summed E-state index contributed by atoms with van der Waals surface area (Å²) in [6.07, 6.45) is 4.31. The maximum absolute atomic E-state index is 12.9. The fraction of sp³-hybridized carbons (Fsp3) is 0.588. The van der Waals surface area contributed by atoms with Crippen molar-refractivity contribution in [3.8, 4) is 11.5 Å². The zero-order valence-electron chi connectivity index (χ0n) is 13.6. The lowest BCUT2D eigenvalue weighted by Crippen LogP contribution is -2.39. The molecule has 0 radical (unpaired) electrons. The van der Waals surface area contributed by atoms with Gasteiger partial charge < -0.3 is 9.47 Å². The van der Waals surface area contributed by atoms with E-state index >= 15 is 0 Å². The van der Waals surface area contributed by atoms with Gasteiger partial charge in [0.2, 0.25) is 0 Å². The van der Waals surface area contributed by atoms with E-state index in [1.165, 1.54) is 12.8 Å². The minimum absolute atomic E-state index is 0. The molecular formula is C17H26ClNO3. The van der Waals surface area contributed by atoms with Crippen LogP contribution in [0.25, 0.3) is 0 Å². The number of ether oxygens (including phenoxy) is 2. The van der Waals surface area contributed by atoms with Crippen molar-refractivity contribution in [2.45, 2.75) is 38.6 Å². The lowest BCUT2D eigenvalue weighted by atomic mass is 9.99. The van der Waals surface area contributed by atoms with Crippen molar-refractivity contribution in [3.05, 3.63) is 23.8 Å². The SMILES string of the molecule is CCCC(C(=O)c1ccc(OC)c(OC)c1)N1CCCC1.Cl. The highest BCUT2D eigenvalue weighted by molar-refractivity contribution is 6.00. The van der Waals surface area contributed by atoms with Crippen molar-refractivity contribution in [1.82, 2.24) is 4.90 Å². The number of hydrogen-bond acceptors (Lipinski definition) is 4. The van der Waals surface area contributed by atoms with Crippen LogP contribution in [0.1, 0.15) is 43.0 Å². The summed E-state index contributed by atoms with van der Waals surface area (Å²) in [4.78, 5) is 15.2. The quantitative estimate of drug-likeness (QED) is 0.718. The summed E-state index contributed by atoms with van der Waals surface area (Å²) in [7, 11) is 3.19. The van der Waals surface area contributed by atoms with Crippen LogP contribution < -0.4 is 9.47 Å². The largest absolute Gasteiger partial charge is 0.493 e. The van der Waals surface area contributed by atoms with E-state index in [-0.39, 0.29) is 24.2 Å². The van der Waals surface area contributed by atoms with Crippen LogP contribution in [0.5, 0.6) is 11.5 Å². The number of rotatable bonds is 7. The van der Waals surface area contributed by atoms with E-state index in [2.05, 4.69) is 11.8 Å². The number of likely N-dealkylation sites (tertiary alicyclic amines) is 1. The molecule has 1 aromatic carbocycles. The molecule has 0 aromatic heterocycles. The van der Waals surface area contributed by atoms with Gasteiger partial charge in [-0.1, -0.05) is 13.3 Å². The Balaban J connectivity index is 0.00000242. The lowest BCUT2D eigenvalue weighted by Gasteiger charge is -2.26. The molecule has 0 saturated carbocycles. The lowest BCUT2D eigenvalue weighted by molar-refractivity contribution is 0.0836. The van der Waals surface area contributed by atoms with Gasteiger partial charge in [0.1, 0.15) is 0 Å². The fourth-order valence-corrected chi connectivity index (χ4v) is 2.99. The molecule has 1 atom stereocenters. The normalized spacial score (nSPS) is 16.0. The molecule has 0 aliphatic carbocycles. The van der Waals surface area contributed by atoms with Crippen molar-refractivity contribution < 1.29 is 14.3 Å². The Hall–Kier alpha value is -1.26. The molecule has 2 rings (SSSR count). The Morgan fingerprint density at radius 3 is 2.36 bits per heavy atom. The molecule has 5 heteroatoms. The van der Waals surface area contributed by atoms with Crippen molar-refractivity contribution in [2.75, 3.05) is 27.3 Å². The third-order valence-corrected chi connectivity index (χ3v) is 4.11. The second-order valence-electron chi connectivity index (χ2n) is 5.48. The van der Waals surface area contributed by atoms with Crippen LogP contribution in [0.2, 0.25) is 0 Å². The van der Waals surface area contributed by atoms with Crippen LogP contribution in [-0.4, -0.2) is 44.0 Å². The molecule has 1 heterocycles. The smallest absolute Gasteiger partial charge is 0.180 e. The zero-order valence-corrected chi connectivity index (χ0v) is 14.4. The number of nitrogens with zero attached hydrogens (tertiary/aromatic N) is 1. The Morgan fingerprint density at radius 2 is 1.82 bits per heavy atom. The summed E-state index contributed by atoms with van der Waals surface area (Å²) in [5, 5.41) is 0. The standard InChI is InChI=1S/C17H25NO3.ClH/c1-4-7-14(18-10-5-6-11-18)17(19)13-8-9-15(20-2)16(12-13)21-3;/h8-9,12,14H,4-7,10-11H2,1-3H3;1H. The Morgan fingerprint density at radius 1 is 1.18 bits per heavy atom. The van der Waals surface area contributed by atoms with Gasteiger partial charge >= 0.3 is 0 Å². The van der Waals surface area contributed by atoms with Crippen LogP contribution >= 0.6 is 12.4 Å². The highest BCUT2D eigenvalue weighted by Crippen LogP contribution is 2.29. The van der Waals surface area contributed by atoms with Gasteiger partial charge in [0.25, 0.3) is 0 Å². The number of carbonyl (C=O) groups is 1. The molecule has 22 heavy (non-hydrogen) atoms. The third kappa shape index (κ3) is 4.14. The highest BCUT2D eigenvalue weighted by Gasteiger charge is 2.28. The number of hydrogen-bond donors (Lipinski definition) is 0. The number of benzene rings is 1. The molecule has 1 saturated heterocycles. The maximum Gasteiger partial charge on any atom is 0.180 e. The van der Waals surface area contributed by atoms with Crippen molar-refractivity contribution in [1.29, 1.82) is 0 Å². The van der Waals surface area contributed by atoms with E-state index in [4.69, 9.17) is 9.47 Å². The molecule has 0 spiro atoms. The number of Topliss-reactive ketones (excluding diaryl/α,β-unsaturated/α-hetero) is 1. The molecule has 1 unspecified atom stereocenters. The van der Waals surface area contributed by atoms with Gasteiger partial charge in [0, 0.05) is 5.56 Å². The van der Waals surface area contributed by atoms with E-state index in [9.17, 15) is 4.79 Å². The van der Waals surface area contributed by atoms with E-state index in [1.54, 1.807) is 26.4 Å². The van der Waals surface area contributed by atoms with Crippen molar-refractivity contribution in [2.24, 2.45) is 0 Å². The average Bonchev–Trinajstić information content (AvgIpc) is 3.05. The predicted octanol–water partition coefficient (Wildman–Crippen LogP) is 3.57. The fourth-order valence-electron chi connectivity index (χ4n) is 2.99. The van der Waals surface area contributed by atoms with Gasteiger partial charge in [0.15, 0.2) is 17.3 Å². The van der Waals surface area contributed by atoms with Crippen LogP contribution in [-0.2, 0) is 0 Å². The minimum atomic E-state index is -0.00407. The molecule has 1 aliphatic heterocycles. The topological polar surface area (TPSA) is 38.8 Å². The highest BCUT2D eigenvalue weighted by atomic mass is 35.5. The van der Waals surface area contributed by atoms with Crippen LogP contribution in [0.3, 0.4) is 0 Å². The summed E-state index contributed by atoms with van der Waals surface area (Å²) in [6, 6.07) is 5.43. The number of halogens is 1. The zero-order chi connectivity index (χ0) is 15.2. The van der Waals surface area contributed by atoms with E-state index in [0.29, 0.717) is 17.1 Å². The molecule has 1 aliphatic rings. The first-order chi connectivity index (χ1) is 10.2. The minimum Gasteiger partial charge on any atom is -0.493 e. The summed E-state index contributed by atoms with van der Waals surface area (Å²) in [6.45, 7) is 4.19. The van der Waals surface area contributed by atoms with E-state index < -0.39 is 0 Å². The van der Waals surface area contributed by atoms with Gasteiger partial charge in [-0.2, -0.15) is 0 Å². The predicted molar refractivity (Wildman–Crippen MR) is 90.6 cm³/mol. The van der Waals surface area contributed by atoms with Gasteiger partial charge in [-0.3, -0.25) is 9.69 Å². The van der Waals surface area contributed by atoms with Gasteiger partial charge in [-0.25, -0.2) is 0 Å². The third-order valence-electron chi connectivity index (χ3n) is 4.11. The second-order valence-corrected chi connectivity index (χ2v) is 5.48. The van der Waals surface area contributed by atoms with Crippen LogP contribution in [0.15, 0.2) is 18.2 Å². The second kappa shape index (κ2) is 9.01. The molecule has 124 valence electrons. The molecule has 0 N–H and O–H groups in total. The molecule has 4 nitrogen and oxygen atoms in total. The summed E-state index contributed by atoms with van der Waals surface area (Å²) >= 11 is 0. The first-order valence-corrected chi connectivity index (χ1v) is 7.71. The Kier molecular flexibility index (Phi) is 7.69. The number of methoxy groups -OCH3 is 2. The first-order valence-electron chi connectivity index (χ1n) is 7.71. The Bertz CT molecular complexity index is 487. The van der Waals surface area contributed by atoms with Gasteiger partial charge in [0.05, 0.1) is 20.3 Å². The summed E-state index contributed by atoms with van der Waals surface area (Å²) in [5.74, 6) is 1.46. The number of ketones is 1. The average molecular weight is 328 g/mol. The monoisotopic (exact) mass is 327 g/mol. The Labute approximate surface area is 139 Å².